The van der Waals surface area contributed by atoms with Crippen LogP contribution in [0.5, 0.6) is 0 Å². The van der Waals surface area contributed by atoms with E-state index in [1.54, 1.807) is 42.5 Å². The van der Waals surface area contributed by atoms with E-state index in [0.717, 1.165) is 9.87 Å². The smallest absolute Gasteiger partial charge is 0.298 e. The lowest BCUT2D eigenvalue weighted by atomic mass is 9.71. The highest BCUT2D eigenvalue weighted by Crippen LogP contribution is 2.58. The molecule has 0 saturated carbocycles. The van der Waals surface area contributed by atoms with E-state index in [9.17, 15) is 18.5 Å². The molecule has 3 aromatic rings. The van der Waals surface area contributed by atoms with Crippen molar-refractivity contribution in [1.82, 2.24) is 0 Å². The molecule has 2 heterocycles. The molecule has 168 valence electrons. The standard InChI is InChI=1S/C24H20ClN3O4S/c1-3-19-18-6-4-5-7-21(18)26-23-24(19,28(29)30)20-14-16(25)10-13-22(20)27(23)33(31,32)17-11-8-15(2)9-12-17/h3-14,19,23,26H,1H2,2H3/t19-,23-,24-/m1/s1. The van der Waals surface area contributed by atoms with Crippen LogP contribution in [-0.4, -0.2) is 19.5 Å². The minimum atomic E-state index is -4.17. The second-order valence-electron chi connectivity index (χ2n) is 8.21. The normalized spacial score (nSPS) is 23.2. The molecule has 5 rings (SSSR count). The van der Waals surface area contributed by atoms with E-state index >= 15 is 0 Å². The molecule has 2 aliphatic heterocycles. The van der Waals surface area contributed by atoms with E-state index < -0.39 is 32.6 Å². The van der Waals surface area contributed by atoms with Crippen molar-refractivity contribution in [3.63, 3.8) is 0 Å². The molecule has 2 aliphatic rings. The molecule has 0 unspecified atom stereocenters. The molecular weight excluding hydrogens is 462 g/mol. The van der Waals surface area contributed by atoms with Crippen molar-refractivity contribution in [1.29, 1.82) is 0 Å². The Hall–Kier alpha value is -3.36. The Morgan fingerprint density at radius 2 is 1.85 bits per heavy atom. The van der Waals surface area contributed by atoms with E-state index in [0.29, 0.717) is 11.3 Å². The van der Waals surface area contributed by atoms with Gasteiger partial charge < -0.3 is 5.32 Å². The van der Waals surface area contributed by atoms with Crippen LogP contribution >= 0.6 is 11.6 Å². The Kier molecular flexibility index (Phi) is 4.77. The fourth-order valence-corrected chi connectivity index (χ4v) is 6.78. The Bertz CT molecular complexity index is 1410. The first-order valence-corrected chi connectivity index (χ1v) is 12.1. The number of anilines is 2. The van der Waals surface area contributed by atoms with Crippen LogP contribution in [0.4, 0.5) is 11.4 Å². The minimum Gasteiger partial charge on any atom is -0.358 e. The van der Waals surface area contributed by atoms with Gasteiger partial charge in [-0.05, 0) is 48.9 Å². The van der Waals surface area contributed by atoms with E-state index in [1.807, 2.05) is 6.92 Å². The van der Waals surface area contributed by atoms with Crippen molar-refractivity contribution in [2.45, 2.75) is 29.4 Å². The summed E-state index contributed by atoms with van der Waals surface area (Å²) in [7, 11) is -4.17. The Labute approximate surface area is 196 Å². The molecule has 0 fully saturated rings. The van der Waals surface area contributed by atoms with Crippen LogP contribution in [0, 0.1) is 17.0 Å². The lowest BCUT2D eigenvalue weighted by molar-refractivity contribution is -0.583. The summed E-state index contributed by atoms with van der Waals surface area (Å²) in [5.74, 6) is -0.801. The number of nitrogens with one attached hydrogen (secondary N) is 1. The fourth-order valence-electron chi connectivity index (χ4n) is 4.99. The van der Waals surface area contributed by atoms with E-state index in [-0.39, 0.29) is 21.2 Å². The summed E-state index contributed by atoms with van der Waals surface area (Å²) in [5, 5.41) is 16.4. The van der Waals surface area contributed by atoms with Crippen molar-refractivity contribution in [3.8, 4) is 0 Å². The largest absolute Gasteiger partial charge is 0.358 e. The third-order valence-electron chi connectivity index (χ3n) is 6.46. The van der Waals surface area contributed by atoms with Gasteiger partial charge in [-0.2, -0.15) is 0 Å². The highest BCUT2D eigenvalue weighted by atomic mass is 35.5. The van der Waals surface area contributed by atoms with Crippen molar-refractivity contribution >= 4 is 33.0 Å². The van der Waals surface area contributed by atoms with Gasteiger partial charge in [0.2, 0.25) is 0 Å². The van der Waals surface area contributed by atoms with Crippen LogP contribution < -0.4 is 9.62 Å². The molecule has 7 nitrogen and oxygen atoms in total. The van der Waals surface area contributed by atoms with Crippen molar-refractivity contribution in [2.75, 3.05) is 9.62 Å². The molecule has 3 aromatic carbocycles. The third kappa shape index (κ3) is 2.84. The second-order valence-corrected chi connectivity index (χ2v) is 10.5. The van der Waals surface area contributed by atoms with Gasteiger partial charge in [0.1, 0.15) is 0 Å². The molecule has 9 heteroatoms. The first-order valence-electron chi connectivity index (χ1n) is 10.3. The Morgan fingerprint density at radius 3 is 2.52 bits per heavy atom. The maximum atomic E-state index is 13.9. The maximum absolute atomic E-state index is 13.9. The predicted octanol–water partition coefficient (Wildman–Crippen LogP) is 5.05. The van der Waals surface area contributed by atoms with E-state index in [2.05, 4.69) is 11.9 Å². The number of fused-ring (bicyclic) bond motifs is 4. The number of benzene rings is 3. The summed E-state index contributed by atoms with van der Waals surface area (Å²) in [6, 6.07) is 18.1. The van der Waals surface area contributed by atoms with Gasteiger partial charge in [0.15, 0.2) is 6.17 Å². The van der Waals surface area contributed by atoms with Crippen LogP contribution in [0.1, 0.15) is 22.6 Å². The van der Waals surface area contributed by atoms with E-state index in [1.165, 1.54) is 30.3 Å². The third-order valence-corrected chi connectivity index (χ3v) is 8.49. The molecule has 0 radical (unpaired) electrons. The molecule has 0 bridgehead atoms. The predicted molar refractivity (Wildman–Crippen MR) is 128 cm³/mol. The number of halogens is 1. The molecule has 1 N–H and O–H groups in total. The summed E-state index contributed by atoms with van der Waals surface area (Å²) in [5.41, 5.74) is 0.766. The molecule has 3 atom stereocenters. The average molecular weight is 482 g/mol. The molecule has 0 saturated heterocycles. The molecular formula is C24H20ClN3O4S. The first-order chi connectivity index (χ1) is 15.7. The minimum absolute atomic E-state index is 0.0453. The monoisotopic (exact) mass is 481 g/mol. The van der Waals surface area contributed by atoms with Gasteiger partial charge in [-0.25, -0.2) is 12.7 Å². The lowest BCUT2D eigenvalue weighted by Crippen LogP contribution is -2.60. The molecule has 33 heavy (non-hydrogen) atoms. The molecule has 0 aromatic heterocycles. The molecule has 0 aliphatic carbocycles. The van der Waals surface area contributed by atoms with Crippen LogP contribution in [0.3, 0.4) is 0 Å². The average Bonchev–Trinajstić information content (AvgIpc) is 3.08. The number of hydrogen-bond acceptors (Lipinski definition) is 5. The number of sulfonamides is 1. The topological polar surface area (TPSA) is 92.6 Å². The van der Waals surface area contributed by atoms with Crippen molar-refractivity contribution in [3.05, 3.63) is 111 Å². The summed E-state index contributed by atoms with van der Waals surface area (Å²) in [4.78, 5) is 12.6. The zero-order chi connectivity index (χ0) is 23.5. The highest BCUT2D eigenvalue weighted by molar-refractivity contribution is 7.93. The van der Waals surface area contributed by atoms with Gasteiger partial charge in [-0.1, -0.05) is 53.6 Å². The Balaban J connectivity index is 1.85. The lowest BCUT2D eigenvalue weighted by Gasteiger charge is -2.41. The molecule has 0 amide bonds. The number of aryl methyl sites for hydroxylation is 1. The SMILES string of the molecule is C=C[C@@H]1c2ccccc2N[C@@H]2N(S(=O)(=O)c3ccc(C)cc3)c3ccc(Cl)cc3[C@]12[N+](=O)[O-]. The van der Waals surface area contributed by atoms with Gasteiger partial charge in [0, 0.05) is 15.6 Å². The molecule has 0 spiro atoms. The number of hydrogen-bond donors (Lipinski definition) is 1. The quantitative estimate of drug-likeness (QED) is 0.320. The summed E-state index contributed by atoms with van der Waals surface area (Å²) < 4.78 is 29.0. The highest BCUT2D eigenvalue weighted by Gasteiger charge is 2.69. The fraction of sp³-hybridized carbons (Fsp3) is 0.167. The van der Waals surface area contributed by atoms with Crippen molar-refractivity contribution in [2.24, 2.45) is 0 Å². The van der Waals surface area contributed by atoms with Gasteiger partial charge in [0.05, 0.1) is 22.1 Å². The van der Waals surface area contributed by atoms with Gasteiger partial charge in [-0.15, -0.1) is 6.58 Å². The van der Waals surface area contributed by atoms with Crippen LogP contribution in [-0.2, 0) is 15.6 Å². The first kappa shape index (κ1) is 21.5. The van der Waals surface area contributed by atoms with Gasteiger partial charge in [0.25, 0.3) is 15.6 Å². The second kappa shape index (κ2) is 7.33. The van der Waals surface area contributed by atoms with Crippen LogP contribution in [0.25, 0.3) is 0 Å². The summed E-state index contributed by atoms with van der Waals surface area (Å²) in [6.45, 7) is 5.75. The van der Waals surface area contributed by atoms with Crippen LogP contribution in [0.2, 0.25) is 5.02 Å². The van der Waals surface area contributed by atoms with Gasteiger partial charge >= 0.3 is 0 Å². The zero-order valence-electron chi connectivity index (χ0n) is 17.6. The summed E-state index contributed by atoms with van der Waals surface area (Å²) >= 11 is 6.27. The van der Waals surface area contributed by atoms with Gasteiger partial charge in [-0.3, -0.25) is 10.1 Å². The number of rotatable bonds is 4. The zero-order valence-corrected chi connectivity index (χ0v) is 19.2. The van der Waals surface area contributed by atoms with E-state index in [4.69, 9.17) is 11.6 Å². The van der Waals surface area contributed by atoms with Crippen molar-refractivity contribution < 1.29 is 13.3 Å². The number of para-hydroxylation sites is 1. The number of nitro groups is 1. The van der Waals surface area contributed by atoms with Crippen LogP contribution in [0.15, 0.2) is 84.3 Å². The summed E-state index contributed by atoms with van der Waals surface area (Å²) in [6.07, 6.45) is 0.285. The number of nitrogens with zero attached hydrogens (tertiary/aromatic N) is 2. The maximum Gasteiger partial charge on any atom is 0.298 e. The Morgan fingerprint density at radius 1 is 1.15 bits per heavy atom.